The van der Waals surface area contributed by atoms with Gasteiger partial charge >= 0.3 is 18.0 Å². The van der Waals surface area contributed by atoms with Crippen LogP contribution in [0.1, 0.15) is 55.6 Å². The predicted octanol–water partition coefficient (Wildman–Crippen LogP) is 4.48. The number of carbonyl (C=O) groups excluding carboxylic acids is 3. The Morgan fingerprint density at radius 3 is 2.51 bits per heavy atom. The van der Waals surface area contributed by atoms with Crippen LogP contribution >= 0.6 is 0 Å². The van der Waals surface area contributed by atoms with Crippen LogP contribution in [-0.2, 0) is 21.4 Å². The van der Waals surface area contributed by atoms with E-state index in [0.29, 0.717) is 23.6 Å². The summed E-state index contributed by atoms with van der Waals surface area (Å²) in [4.78, 5) is 41.7. The second-order valence-electron chi connectivity index (χ2n) is 10.6. The van der Waals surface area contributed by atoms with Gasteiger partial charge in [-0.1, -0.05) is 26.8 Å². The Hall–Kier alpha value is -3.39. The van der Waals surface area contributed by atoms with Gasteiger partial charge in [-0.3, -0.25) is 4.79 Å². The highest BCUT2D eigenvalue weighted by Crippen LogP contribution is 2.47. The van der Waals surface area contributed by atoms with Crippen molar-refractivity contribution in [1.82, 2.24) is 9.80 Å². The van der Waals surface area contributed by atoms with E-state index in [-0.39, 0.29) is 41.4 Å². The summed E-state index contributed by atoms with van der Waals surface area (Å²) in [5.41, 5.74) is 3.09. The van der Waals surface area contributed by atoms with E-state index in [1.807, 2.05) is 33.0 Å². The number of carbonyl (C=O) groups is 3. The van der Waals surface area contributed by atoms with Gasteiger partial charge in [0.2, 0.25) is 0 Å². The Kier molecular flexibility index (Phi) is 7.59. The van der Waals surface area contributed by atoms with Gasteiger partial charge in [0.25, 0.3) is 0 Å². The van der Waals surface area contributed by atoms with Gasteiger partial charge in [-0.05, 0) is 80.9 Å². The molecule has 3 atom stereocenters. The van der Waals surface area contributed by atoms with E-state index < -0.39 is 0 Å². The number of urea groups is 1. The normalized spacial score (nSPS) is 22.7. The Labute approximate surface area is 218 Å². The van der Waals surface area contributed by atoms with E-state index in [4.69, 9.17) is 9.47 Å². The van der Waals surface area contributed by atoms with E-state index in [1.165, 1.54) is 5.56 Å². The molecule has 2 aromatic carbocycles. The lowest BCUT2D eigenvalue weighted by molar-refractivity contribution is -0.137. The number of ether oxygens (including phenoxy) is 2. The molecule has 4 rings (SSSR count). The van der Waals surface area contributed by atoms with Crippen molar-refractivity contribution in [3.05, 3.63) is 59.2 Å². The highest BCUT2D eigenvalue weighted by Gasteiger charge is 2.52. The van der Waals surface area contributed by atoms with Crippen LogP contribution in [0.3, 0.4) is 0 Å². The molecule has 37 heavy (non-hydrogen) atoms. The maximum absolute atomic E-state index is 13.4. The van der Waals surface area contributed by atoms with E-state index >= 15 is 0 Å². The molecule has 1 saturated heterocycles. The topological polar surface area (TPSA) is 88.2 Å². The molecule has 2 bridgehead atoms. The number of likely N-dealkylation sites (N-methyl/N-ethyl adjacent to an activating group) is 2. The SMILES string of the molecule is CCOC(=O)c1ccc(NC(=O)N(C)C2C3Cc4ccc(OC(=O)C(C)C)cc4[C@@]2(C)CCN3C)cc1. The van der Waals surface area contributed by atoms with Crippen LogP contribution in [-0.4, -0.2) is 67.1 Å². The van der Waals surface area contributed by atoms with E-state index in [2.05, 4.69) is 30.3 Å². The number of anilines is 1. The molecule has 0 spiro atoms. The molecule has 2 aliphatic rings. The van der Waals surface area contributed by atoms with Crippen LogP contribution in [0.5, 0.6) is 5.75 Å². The number of benzene rings is 2. The van der Waals surface area contributed by atoms with Crippen LogP contribution in [0.25, 0.3) is 0 Å². The minimum atomic E-state index is -0.388. The molecule has 0 aromatic heterocycles. The van der Waals surface area contributed by atoms with Crippen molar-refractivity contribution in [3.8, 4) is 5.75 Å². The Morgan fingerprint density at radius 1 is 1.16 bits per heavy atom. The van der Waals surface area contributed by atoms with Crippen molar-refractivity contribution in [2.75, 3.05) is 32.6 Å². The van der Waals surface area contributed by atoms with Gasteiger partial charge in [-0.25, -0.2) is 9.59 Å². The lowest BCUT2D eigenvalue weighted by Gasteiger charge is -2.57. The molecule has 2 unspecified atom stereocenters. The van der Waals surface area contributed by atoms with Crippen molar-refractivity contribution in [3.63, 3.8) is 0 Å². The Morgan fingerprint density at radius 2 is 1.86 bits per heavy atom. The zero-order valence-corrected chi connectivity index (χ0v) is 22.5. The number of fused-ring (bicyclic) bond motifs is 4. The third-order valence-corrected chi connectivity index (χ3v) is 7.77. The lowest BCUT2D eigenvalue weighted by Crippen LogP contribution is -2.67. The third-order valence-electron chi connectivity index (χ3n) is 7.77. The fourth-order valence-electron chi connectivity index (χ4n) is 5.67. The molecule has 2 amide bonds. The molecule has 0 radical (unpaired) electrons. The summed E-state index contributed by atoms with van der Waals surface area (Å²) in [6, 6.07) is 12.5. The van der Waals surface area contributed by atoms with Crippen LogP contribution < -0.4 is 10.1 Å². The number of piperidine rings is 1. The number of hydrogen-bond acceptors (Lipinski definition) is 6. The predicted molar refractivity (Wildman–Crippen MR) is 142 cm³/mol. The number of nitrogens with one attached hydrogen (secondary N) is 1. The molecule has 1 aliphatic carbocycles. The number of likely N-dealkylation sites (tertiary alicyclic amines) is 1. The lowest BCUT2D eigenvalue weighted by atomic mass is 9.61. The molecule has 0 saturated carbocycles. The van der Waals surface area contributed by atoms with Crippen molar-refractivity contribution >= 4 is 23.7 Å². The second kappa shape index (κ2) is 10.5. The maximum Gasteiger partial charge on any atom is 0.338 e. The minimum Gasteiger partial charge on any atom is -0.462 e. The van der Waals surface area contributed by atoms with Crippen LogP contribution in [0.15, 0.2) is 42.5 Å². The standard InChI is InChI=1S/C29H37N3O5/c1-7-36-27(34)19-8-11-21(12-9-19)30-28(35)32(6)25-24-16-20-10-13-22(37-26(33)18(2)3)17-23(20)29(25,4)14-15-31(24)5/h8-13,17-18,24-25H,7,14-16H2,1-6H3,(H,30,35)/t24?,25?,29-/m1/s1. The molecular weight excluding hydrogens is 470 g/mol. The fraction of sp³-hybridized carbons (Fsp3) is 0.483. The van der Waals surface area contributed by atoms with Gasteiger partial charge in [0.1, 0.15) is 5.75 Å². The minimum absolute atomic E-state index is 0.0893. The largest absolute Gasteiger partial charge is 0.462 e. The van der Waals surface area contributed by atoms with Crippen molar-refractivity contribution in [1.29, 1.82) is 0 Å². The Balaban J connectivity index is 1.58. The number of rotatable bonds is 6. The van der Waals surface area contributed by atoms with Crippen LogP contribution in [0.2, 0.25) is 0 Å². The average molecular weight is 508 g/mol. The molecular formula is C29H37N3O5. The maximum atomic E-state index is 13.4. The van der Waals surface area contributed by atoms with Crippen molar-refractivity contribution in [2.24, 2.45) is 5.92 Å². The second-order valence-corrected chi connectivity index (χ2v) is 10.6. The summed E-state index contributed by atoms with van der Waals surface area (Å²) in [5.74, 6) is -0.318. The van der Waals surface area contributed by atoms with Crippen LogP contribution in [0.4, 0.5) is 10.5 Å². The number of nitrogens with zero attached hydrogens (tertiary/aromatic N) is 2. The summed E-state index contributed by atoms with van der Waals surface area (Å²) in [6.07, 6.45) is 1.67. The zero-order valence-electron chi connectivity index (χ0n) is 22.5. The smallest absolute Gasteiger partial charge is 0.338 e. The van der Waals surface area contributed by atoms with Gasteiger partial charge in [0.15, 0.2) is 0 Å². The number of esters is 2. The number of hydrogen-bond donors (Lipinski definition) is 1. The van der Waals surface area contributed by atoms with Gasteiger partial charge in [0, 0.05) is 24.2 Å². The molecule has 8 nitrogen and oxygen atoms in total. The molecule has 1 heterocycles. The van der Waals surface area contributed by atoms with E-state index in [9.17, 15) is 14.4 Å². The molecule has 1 fully saturated rings. The Bertz CT molecular complexity index is 1180. The molecule has 1 N–H and O–H groups in total. The van der Waals surface area contributed by atoms with Crippen molar-refractivity contribution < 1.29 is 23.9 Å². The molecule has 1 aliphatic heterocycles. The average Bonchev–Trinajstić information content (AvgIpc) is 2.87. The highest BCUT2D eigenvalue weighted by molar-refractivity contribution is 5.92. The first-order chi connectivity index (χ1) is 17.5. The summed E-state index contributed by atoms with van der Waals surface area (Å²) in [6.45, 7) is 8.83. The summed E-state index contributed by atoms with van der Waals surface area (Å²) < 4.78 is 10.7. The molecule has 2 aromatic rings. The van der Waals surface area contributed by atoms with E-state index in [0.717, 1.165) is 24.9 Å². The monoisotopic (exact) mass is 507 g/mol. The summed E-state index contributed by atoms with van der Waals surface area (Å²) in [5, 5.41) is 2.98. The highest BCUT2D eigenvalue weighted by atomic mass is 16.5. The first-order valence-electron chi connectivity index (χ1n) is 12.9. The number of amides is 2. The summed E-state index contributed by atoms with van der Waals surface area (Å²) >= 11 is 0. The van der Waals surface area contributed by atoms with Crippen molar-refractivity contribution in [2.45, 2.75) is 58.0 Å². The third kappa shape index (κ3) is 5.21. The summed E-state index contributed by atoms with van der Waals surface area (Å²) in [7, 11) is 3.95. The van der Waals surface area contributed by atoms with Gasteiger partial charge in [0.05, 0.1) is 24.1 Å². The quantitative estimate of drug-likeness (QED) is 0.458. The zero-order chi connectivity index (χ0) is 26.9. The van der Waals surface area contributed by atoms with Crippen LogP contribution in [0, 0.1) is 5.92 Å². The first-order valence-corrected chi connectivity index (χ1v) is 12.9. The van der Waals surface area contributed by atoms with Gasteiger partial charge < -0.3 is 24.6 Å². The van der Waals surface area contributed by atoms with E-state index in [1.54, 1.807) is 36.1 Å². The van der Waals surface area contributed by atoms with Gasteiger partial charge in [-0.15, -0.1) is 0 Å². The van der Waals surface area contributed by atoms with Gasteiger partial charge in [-0.2, -0.15) is 0 Å². The fourth-order valence-corrected chi connectivity index (χ4v) is 5.67. The first kappa shape index (κ1) is 26.7. The molecule has 8 heteroatoms. The molecule has 198 valence electrons.